The predicted octanol–water partition coefficient (Wildman–Crippen LogP) is 4.47. The zero-order chi connectivity index (χ0) is 16.4. The summed E-state index contributed by atoms with van der Waals surface area (Å²) in [6, 6.07) is 7.44. The van der Waals surface area contributed by atoms with Crippen molar-refractivity contribution in [1.29, 1.82) is 0 Å². The lowest BCUT2D eigenvalue weighted by molar-refractivity contribution is -0.141. The van der Waals surface area contributed by atoms with E-state index in [4.69, 9.17) is 9.47 Å². The van der Waals surface area contributed by atoms with Gasteiger partial charge in [0.05, 0.1) is 13.5 Å². The van der Waals surface area contributed by atoms with Crippen LogP contribution in [-0.4, -0.2) is 19.7 Å². The van der Waals surface area contributed by atoms with Crippen molar-refractivity contribution < 1.29 is 14.3 Å². The number of methoxy groups -OCH3 is 1. The Morgan fingerprint density at radius 2 is 1.77 bits per heavy atom. The quantitative estimate of drug-likeness (QED) is 0.525. The highest BCUT2D eigenvalue weighted by Crippen LogP contribution is 2.12. The molecule has 0 bridgehead atoms. The van der Waals surface area contributed by atoms with Crippen molar-refractivity contribution in [2.24, 2.45) is 0 Å². The number of hydrogen-bond donors (Lipinski definition) is 0. The molecule has 0 aromatic heterocycles. The van der Waals surface area contributed by atoms with Crippen LogP contribution in [0.5, 0.6) is 5.75 Å². The molecular formula is C19H26O3. The molecule has 0 saturated heterocycles. The molecule has 0 heterocycles. The minimum Gasteiger partial charge on any atom is -0.497 e. The number of carbonyl (C=O) groups excluding carboxylic acids is 1. The Balaban J connectivity index is 2.31. The van der Waals surface area contributed by atoms with Crippen LogP contribution in [0.1, 0.15) is 39.2 Å². The lowest BCUT2D eigenvalue weighted by Crippen LogP contribution is -2.08. The van der Waals surface area contributed by atoms with Crippen molar-refractivity contribution in [3.8, 4) is 5.75 Å². The van der Waals surface area contributed by atoms with Crippen LogP contribution < -0.4 is 4.74 Å². The average molecular weight is 302 g/mol. The lowest BCUT2D eigenvalue weighted by Gasteiger charge is -2.05. The van der Waals surface area contributed by atoms with Crippen LogP contribution in [0, 0.1) is 0 Å². The van der Waals surface area contributed by atoms with Gasteiger partial charge >= 0.3 is 5.97 Å². The van der Waals surface area contributed by atoms with Crippen molar-refractivity contribution in [3.05, 3.63) is 53.1 Å². The molecule has 120 valence electrons. The molecule has 0 N–H and O–H groups in total. The number of allylic oxidation sites excluding steroid dienone is 3. The molecule has 0 unspecified atom stereocenters. The molecule has 0 amide bonds. The van der Waals surface area contributed by atoms with Gasteiger partial charge in [0.15, 0.2) is 0 Å². The summed E-state index contributed by atoms with van der Waals surface area (Å²) in [4.78, 5) is 11.8. The summed E-state index contributed by atoms with van der Waals surface area (Å²) in [6.07, 6.45) is 6.51. The third-order valence-corrected chi connectivity index (χ3v) is 3.27. The van der Waals surface area contributed by atoms with Gasteiger partial charge in [-0.05, 0) is 57.4 Å². The monoisotopic (exact) mass is 302 g/mol. The Kier molecular flexibility index (Phi) is 8.05. The maximum Gasteiger partial charge on any atom is 0.310 e. The number of carbonyl (C=O) groups is 1. The highest BCUT2D eigenvalue weighted by Gasteiger charge is 2.04. The molecule has 0 radical (unpaired) electrons. The van der Waals surface area contributed by atoms with Crippen LogP contribution in [0.25, 0.3) is 0 Å². The first-order valence-corrected chi connectivity index (χ1v) is 7.59. The Bertz CT molecular complexity index is 520. The maximum absolute atomic E-state index is 11.8. The molecule has 0 atom stereocenters. The number of ether oxygens (including phenoxy) is 2. The summed E-state index contributed by atoms with van der Waals surface area (Å²) in [6.45, 7) is 6.60. The number of hydrogen-bond acceptors (Lipinski definition) is 3. The smallest absolute Gasteiger partial charge is 0.310 e. The van der Waals surface area contributed by atoms with Crippen molar-refractivity contribution in [2.45, 2.75) is 40.0 Å². The van der Waals surface area contributed by atoms with E-state index in [1.165, 1.54) is 11.1 Å². The topological polar surface area (TPSA) is 35.5 Å². The van der Waals surface area contributed by atoms with Gasteiger partial charge in [-0.1, -0.05) is 29.4 Å². The van der Waals surface area contributed by atoms with E-state index in [0.717, 1.165) is 24.2 Å². The third kappa shape index (κ3) is 7.67. The standard InChI is InChI=1S/C19H26O3/c1-15(2)6-5-7-16(3)12-13-22-19(20)14-17-8-10-18(21-4)11-9-17/h6,8-12H,5,7,13-14H2,1-4H3/b16-12+. The molecule has 0 aliphatic heterocycles. The van der Waals surface area contributed by atoms with E-state index in [0.29, 0.717) is 6.61 Å². The zero-order valence-corrected chi connectivity index (χ0v) is 14.0. The molecule has 3 heteroatoms. The molecule has 0 fully saturated rings. The molecule has 0 aliphatic rings. The normalized spacial score (nSPS) is 11.0. The van der Waals surface area contributed by atoms with E-state index in [-0.39, 0.29) is 12.4 Å². The molecule has 1 aromatic rings. The molecule has 0 spiro atoms. The fourth-order valence-corrected chi connectivity index (χ4v) is 1.93. The van der Waals surface area contributed by atoms with Gasteiger partial charge in [-0.25, -0.2) is 0 Å². The van der Waals surface area contributed by atoms with Gasteiger partial charge in [0.1, 0.15) is 12.4 Å². The molecule has 0 saturated carbocycles. The Hall–Kier alpha value is -2.03. The number of benzene rings is 1. The first kappa shape index (κ1) is 18.0. The summed E-state index contributed by atoms with van der Waals surface area (Å²) < 4.78 is 10.3. The van der Waals surface area contributed by atoms with E-state index in [1.54, 1.807) is 7.11 Å². The van der Waals surface area contributed by atoms with Gasteiger partial charge in [-0.15, -0.1) is 0 Å². The number of rotatable bonds is 8. The first-order chi connectivity index (χ1) is 10.5. The number of esters is 1. The van der Waals surface area contributed by atoms with Crippen molar-refractivity contribution in [1.82, 2.24) is 0 Å². The summed E-state index contributed by atoms with van der Waals surface area (Å²) >= 11 is 0. The first-order valence-electron chi connectivity index (χ1n) is 7.59. The Labute approximate surface area is 133 Å². The molecular weight excluding hydrogens is 276 g/mol. The summed E-state index contributed by atoms with van der Waals surface area (Å²) in [5.41, 5.74) is 3.50. The van der Waals surface area contributed by atoms with Gasteiger partial charge in [0.25, 0.3) is 0 Å². The second-order valence-electron chi connectivity index (χ2n) is 5.58. The SMILES string of the molecule is COc1ccc(CC(=O)OC/C=C(\C)CCC=C(C)C)cc1. The maximum atomic E-state index is 11.8. The zero-order valence-electron chi connectivity index (χ0n) is 14.0. The van der Waals surface area contributed by atoms with Gasteiger partial charge < -0.3 is 9.47 Å². The fourth-order valence-electron chi connectivity index (χ4n) is 1.93. The van der Waals surface area contributed by atoms with Crippen LogP contribution in [0.3, 0.4) is 0 Å². The van der Waals surface area contributed by atoms with E-state index in [1.807, 2.05) is 30.3 Å². The highest BCUT2D eigenvalue weighted by atomic mass is 16.5. The van der Waals surface area contributed by atoms with Gasteiger partial charge in [0, 0.05) is 0 Å². The minimum absolute atomic E-state index is 0.210. The average Bonchev–Trinajstić information content (AvgIpc) is 2.47. The largest absolute Gasteiger partial charge is 0.497 e. The van der Waals surface area contributed by atoms with Gasteiger partial charge in [-0.2, -0.15) is 0 Å². The molecule has 22 heavy (non-hydrogen) atoms. The summed E-state index contributed by atoms with van der Waals surface area (Å²) in [5.74, 6) is 0.575. The lowest BCUT2D eigenvalue weighted by atomic mass is 10.1. The van der Waals surface area contributed by atoms with Crippen molar-refractivity contribution >= 4 is 5.97 Å². The second-order valence-corrected chi connectivity index (χ2v) is 5.58. The van der Waals surface area contributed by atoms with Crippen molar-refractivity contribution in [2.75, 3.05) is 13.7 Å². The van der Waals surface area contributed by atoms with Crippen LogP contribution in [0.15, 0.2) is 47.6 Å². The van der Waals surface area contributed by atoms with Crippen LogP contribution in [0.4, 0.5) is 0 Å². The molecule has 1 aromatic carbocycles. The van der Waals surface area contributed by atoms with E-state index < -0.39 is 0 Å². The Morgan fingerprint density at radius 3 is 2.36 bits per heavy atom. The Morgan fingerprint density at radius 1 is 1.09 bits per heavy atom. The summed E-state index contributed by atoms with van der Waals surface area (Å²) in [7, 11) is 1.62. The summed E-state index contributed by atoms with van der Waals surface area (Å²) in [5, 5.41) is 0. The van der Waals surface area contributed by atoms with Crippen LogP contribution in [-0.2, 0) is 16.0 Å². The highest BCUT2D eigenvalue weighted by molar-refractivity contribution is 5.72. The minimum atomic E-state index is -0.210. The molecule has 3 nitrogen and oxygen atoms in total. The second kappa shape index (κ2) is 9.82. The van der Waals surface area contributed by atoms with Crippen LogP contribution >= 0.6 is 0 Å². The fraction of sp³-hybridized carbons (Fsp3) is 0.421. The van der Waals surface area contributed by atoms with Gasteiger partial charge in [-0.3, -0.25) is 4.79 Å². The van der Waals surface area contributed by atoms with E-state index >= 15 is 0 Å². The van der Waals surface area contributed by atoms with E-state index in [2.05, 4.69) is 26.8 Å². The van der Waals surface area contributed by atoms with Gasteiger partial charge in [0.2, 0.25) is 0 Å². The predicted molar refractivity (Wildman–Crippen MR) is 90.1 cm³/mol. The van der Waals surface area contributed by atoms with Crippen molar-refractivity contribution in [3.63, 3.8) is 0 Å². The van der Waals surface area contributed by atoms with Crippen LogP contribution in [0.2, 0.25) is 0 Å². The molecule has 1 rings (SSSR count). The third-order valence-electron chi connectivity index (χ3n) is 3.27. The molecule has 0 aliphatic carbocycles. The van der Waals surface area contributed by atoms with E-state index in [9.17, 15) is 4.79 Å².